The molecule has 2 nitrogen and oxygen atoms in total. The fourth-order valence-corrected chi connectivity index (χ4v) is 3.59. The summed E-state index contributed by atoms with van der Waals surface area (Å²) >= 11 is 7.67. The summed E-state index contributed by atoms with van der Waals surface area (Å²) in [4.78, 5) is 12.4. The predicted octanol–water partition coefficient (Wildman–Crippen LogP) is 3.64. The smallest absolute Gasteiger partial charge is 0.309 e. The second-order valence-electron chi connectivity index (χ2n) is 4.57. The van der Waals surface area contributed by atoms with Gasteiger partial charge in [-0.2, -0.15) is 0 Å². The Morgan fingerprint density at radius 3 is 2.88 bits per heavy atom. The molecule has 0 aromatic heterocycles. The number of carboxylic acids is 1. The molecular formula is C12H13ClO2S. The molecular weight excluding hydrogens is 244 g/mol. The molecule has 0 aliphatic carbocycles. The summed E-state index contributed by atoms with van der Waals surface area (Å²) in [5, 5.41) is 9.93. The van der Waals surface area contributed by atoms with E-state index in [4.69, 9.17) is 11.6 Å². The van der Waals surface area contributed by atoms with Crippen molar-refractivity contribution >= 4 is 29.3 Å². The molecule has 0 fully saturated rings. The van der Waals surface area contributed by atoms with Crippen LogP contribution in [0.5, 0.6) is 0 Å². The molecule has 0 amide bonds. The van der Waals surface area contributed by atoms with Crippen LogP contribution < -0.4 is 0 Å². The van der Waals surface area contributed by atoms with Crippen molar-refractivity contribution in [3.05, 3.63) is 28.8 Å². The van der Waals surface area contributed by atoms with E-state index in [0.717, 1.165) is 16.2 Å². The fraction of sp³-hybridized carbons (Fsp3) is 0.417. The molecule has 1 N–H and O–H groups in total. The van der Waals surface area contributed by atoms with Gasteiger partial charge in [0.05, 0.1) is 5.41 Å². The van der Waals surface area contributed by atoms with Crippen molar-refractivity contribution in [2.45, 2.75) is 24.7 Å². The molecule has 2 rings (SSSR count). The first kappa shape index (κ1) is 11.8. The Morgan fingerprint density at radius 2 is 2.25 bits per heavy atom. The van der Waals surface area contributed by atoms with Gasteiger partial charge >= 0.3 is 5.97 Å². The van der Waals surface area contributed by atoms with E-state index in [1.54, 1.807) is 25.6 Å². The maximum Gasteiger partial charge on any atom is 0.309 e. The quantitative estimate of drug-likeness (QED) is 0.878. The number of benzene rings is 1. The van der Waals surface area contributed by atoms with Crippen molar-refractivity contribution in [2.24, 2.45) is 5.41 Å². The molecule has 0 saturated carbocycles. The van der Waals surface area contributed by atoms with Gasteiger partial charge < -0.3 is 5.11 Å². The Hall–Kier alpha value is -0.670. The van der Waals surface area contributed by atoms with E-state index >= 15 is 0 Å². The van der Waals surface area contributed by atoms with Crippen LogP contribution in [0.3, 0.4) is 0 Å². The van der Waals surface area contributed by atoms with Gasteiger partial charge in [0, 0.05) is 21.6 Å². The highest BCUT2D eigenvalue weighted by atomic mass is 35.5. The molecule has 4 heteroatoms. The third-order valence-electron chi connectivity index (χ3n) is 3.18. The van der Waals surface area contributed by atoms with Gasteiger partial charge in [-0.05, 0) is 37.6 Å². The highest BCUT2D eigenvalue weighted by molar-refractivity contribution is 7.99. The van der Waals surface area contributed by atoms with Crippen molar-refractivity contribution in [3.8, 4) is 0 Å². The van der Waals surface area contributed by atoms with E-state index < -0.39 is 11.4 Å². The van der Waals surface area contributed by atoms with Crippen molar-refractivity contribution < 1.29 is 9.90 Å². The van der Waals surface area contributed by atoms with Gasteiger partial charge in [-0.3, -0.25) is 4.79 Å². The minimum Gasteiger partial charge on any atom is -0.481 e. The van der Waals surface area contributed by atoms with E-state index in [2.05, 4.69) is 0 Å². The molecule has 1 aromatic rings. The number of thioether (sulfide) groups is 1. The first-order chi connectivity index (χ1) is 7.43. The lowest BCUT2D eigenvalue weighted by Gasteiger charge is -2.27. The topological polar surface area (TPSA) is 37.3 Å². The number of fused-ring (bicyclic) bond motifs is 1. The van der Waals surface area contributed by atoms with Crippen LogP contribution in [-0.2, 0) is 4.79 Å². The summed E-state index contributed by atoms with van der Waals surface area (Å²) in [6, 6.07) is 5.72. The molecule has 86 valence electrons. The van der Waals surface area contributed by atoms with Crippen molar-refractivity contribution in [3.63, 3.8) is 0 Å². The fourth-order valence-electron chi connectivity index (χ4n) is 1.93. The molecule has 1 aliphatic rings. The zero-order valence-corrected chi connectivity index (χ0v) is 10.7. The molecule has 1 heterocycles. The lowest BCUT2D eigenvalue weighted by molar-refractivity contribution is -0.147. The minimum atomic E-state index is -0.758. The zero-order valence-electron chi connectivity index (χ0n) is 9.16. The van der Waals surface area contributed by atoms with Gasteiger partial charge in [-0.25, -0.2) is 0 Å². The Morgan fingerprint density at radius 1 is 1.56 bits per heavy atom. The highest BCUT2D eigenvalue weighted by Gasteiger charge is 2.41. The van der Waals surface area contributed by atoms with Crippen molar-refractivity contribution in [1.82, 2.24) is 0 Å². The molecule has 1 atom stereocenters. The summed E-state index contributed by atoms with van der Waals surface area (Å²) in [5.74, 6) is 0.0873. The summed E-state index contributed by atoms with van der Waals surface area (Å²) in [6.45, 7) is 3.55. The largest absolute Gasteiger partial charge is 0.481 e. The number of halogens is 1. The number of rotatable bonds is 2. The first-order valence-electron chi connectivity index (χ1n) is 5.08. The Kier molecular flexibility index (Phi) is 2.93. The normalized spacial score (nSPS) is 19.6. The summed E-state index contributed by atoms with van der Waals surface area (Å²) < 4.78 is 0. The number of carbonyl (C=O) groups is 1. The number of carboxylic acid groups (broad SMARTS) is 1. The Bertz CT molecular complexity index is 443. The first-order valence-corrected chi connectivity index (χ1v) is 6.45. The van der Waals surface area contributed by atoms with Crippen LogP contribution in [0, 0.1) is 5.41 Å². The summed E-state index contributed by atoms with van der Waals surface area (Å²) in [5.41, 5.74) is 0.327. The lowest BCUT2D eigenvalue weighted by atomic mass is 9.76. The van der Waals surface area contributed by atoms with E-state index in [1.807, 2.05) is 18.2 Å². The monoisotopic (exact) mass is 256 g/mol. The van der Waals surface area contributed by atoms with Crippen molar-refractivity contribution in [1.29, 1.82) is 0 Å². The minimum absolute atomic E-state index is 0.0312. The lowest BCUT2D eigenvalue weighted by Crippen LogP contribution is -2.31. The molecule has 1 aliphatic heterocycles. The summed E-state index contributed by atoms with van der Waals surface area (Å²) in [7, 11) is 0. The van der Waals surface area contributed by atoms with Crippen LogP contribution in [-0.4, -0.2) is 16.8 Å². The maximum absolute atomic E-state index is 11.3. The van der Waals surface area contributed by atoms with Crippen LogP contribution >= 0.6 is 23.4 Å². The van der Waals surface area contributed by atoms with Crippen LogP contribution in [0.2, 0.25) is 5.02 Å². The average molecular weight is 257 g/mol. The van der Waals surface area contributed by atoms with Crippen LogP contribution in [0.4, 0.5) is 0 Å². The molecule has 1 unspecified atom stereocenters. The molecule has 0 spiro atoms. The number of hydrogen-bond donors (Lipinski definition) is 1. The van der Waals surface area contributed by atoms with Crippen LogP contribution in [0.15, 0.2) is 23.1 Å². The van der Waals surface area contributed by atoms with Gasteiger partial charge in [0.25, 0.3) is 0 Å². The van der Waals surface area contributed by atoms with E-state index in [-0.39, 0.29) is 5.92 Å². The van der Waals surface area contributed by atoms with Crippen LogP contribution in [0.25, 0.3) is 0 Å². The van der Waals surface area contributed by atoms with E-state index in [9.17, 15) is 9.90 Å². The van der Waals surface area contributed by atoms with Gasteiger partial charge in [0.2, 0.25) is 0 Å². The molecule has 16 heavy (non-hydrogen) atoms. The van der Waals surface area contributed by atoms with Gasteiger partial charge in [0.15, 0.2) is 0 Å². The van der Waals surface area contributed by atoms with E-state index in [1.165, 1.54) is 0 Å². The van der Waals surface area contributed by atoms with E-state index in [0.29, 0.717) is 5.02 Å². The SMILES string of the molecule is CC(C)(C(=O)O)C1CSc2ccc(Cl)cc21. The second-order valence-corrected chi connectivity index (χ2v) is 6.07. The Balaban J connectivity index is 2.43. The van der Waals surface area contributed by atoms with Gasteiger partial charge in [-0.15, -0.1) is 11.8 Å². The number of hydrogen-bond acceptors (Lipinski definition) is 2. The third-order valence-corrected chi connectivity index (χ3v) is 4.59. The second kappa shape index (κ2) is 3.97. The standard InChI is InChI=1S/C12H13ClO2S/c1-12(2,11(14)15)9-6-16-10-4-3-7(13)5-8(9)10/h3-5,9H,6H2,1-2H3,(H,14,15). The predicted molar refractivity (Wildman–Crippen MR) is 66.3 cm³/mol. The maximum atomic E-state index is 11.3. The van der Waals surface area contributed by atoms with Gasteiger partial charge in [0.1, 0.15) is 0 Å². The molecule has 1 aromatic carbocycles. The van der Waals surface area contributed by atoms with Crippen molar-refractivity contribution in [2.75, 3.05) is 5.75 Å². The molecule has 0 radical (unpaired) electrons. The highest BCUT2D eigenvalue weighted by Crippen LogP contribution is 2.49. The molecule has 0 saturated heterocycles. The van der Waals surface area contributed by atoms with Crippen LogP contribution in [0.1, 0.15) is 25.3 Å². The summed E-state index contributed by atoms with van der Waals surface area (Å²) in [6.07, 6.45) is 0. The average Bonchev–Trinajstić information content (AvgIpc) is 2.60. The third kappa shape index (κ3) is 1.82. The molecule has 0 bridgehead atoms. The number of aliphatic carboxylic acids is 1. The zero-order chi connectivity index (χ0) is 11.9. The Labute approximate surface area is 104 Å². The van der Waals surface area contributed by atoms with Gasteiger partial charge in [-0.1, -0.05) is 11.6 Å².